The number of nitrogens with zero attached hydrogens (tertiary/aromatic N) is 6. The Morgan fingerprint density at radius 3 is 3.00 bits per heavy atom. The van der Waals surface area contributed by atoms with Crippen molar-refractivity contribution in [2.45, 2.75) is 29.8 Å². The predicted octanol–water partition coefficient (Wildman–Crippen LogP) is 1.19. The highest BCUT2D eigenvalue weighted by Crippen LogP contribution is 2.37. The summed E-state index contributed by atoms with van der Waals surface area (Å²) in [6, 6.07) is 0.509. The van der Waals surface area contributed by atoms with Crippen LogP contribution in [0.5, 0.6) is 0 Å². The van der Waals surface area contributed by atoms with Gasteiger partial charge in [0.15, 0.2) is 0 Å². The molecule has 1 N–H and O–H groups in total. The van der Waals surface area contributed by atoms with Crippen LogP contribution in [0.4, 0.5) is 5.13 Å². The molecule has 1 saturated carbocycles. The van der Waals surface area contributed by atoms with Crippen molar-refractivity contribution in [1.29, 1.82) is 0 Å². The van der Waals surface area contributed by atoms with Gasteiger partial charge in [0, 0.05) is 7.05 Å². The Balaban J connectivity index is 1.64. The first kappa shape index (κ1) is 10.9. The molecule has 0 saturated heterocycles. The van der Waals surface area contributed by atoms with Crippen LogP contribution in [-0.2, 0) is 5.75 Å². The van der Waals surface area contributed by atoms with E-state index >= 15 is 0 Å². The molecule has 3 rings (SSSR count). The van der Waals surface area contributed by atoms with Crippen molar-refractivity contribution >= 4 is 28.2 Å². The molecule has 0 aromatic carbocycles. The van der Waals surface area contributed by atoms with E-state index in [1.165, 1.54) is 12.8 Å². The van der Waals surface area contributed by atoms with Gasteiger partial charge in [-0.3, -0.25) is 0 Å². The molecule has 2 aromatic rings. The van der Waals surface area contributed by atoms with Crippen molar-refractivity contribution < 1.29 is 0 Å². The fraction of sp³-hybridized carbons (Fsp3) is 0.625. The predicted molar refractivity (Wildman–Crippen MR) is 65.1 cm³/mol. The SMILES string of the molecule is CNc1nnc(CSc2nnnn2C2CC2)s1. The Morgan fingerprint density at radius 2 is 2.29 bits per heavy atom. The summed E-state index contributed by atoms with van der Waals surface area (Å²) in [4.78, 5) is 0. The number of thioether (sulfide) groups is 1. The second-order valence-corrected chi connectivity index (χ2v) is 5.68. The van der Waals surface area contributed by atoms with E-state index in [9.17, 15) is 0 Å². The average Bonchev–Trinajstić information content (AvgIpc) is 2.93. The van der Waals surface area contributed by atoms with Gasteiger partial charge in [0.25, 0.3) is 0 Å². The van der Waals surface area contributed by atoms with Crippen molar-refractivity contribution in [3.05, 3.63) is 5.01 Å². The summed E-state index contributed by atoms with van der Waals surface area (Å²) < 4.78 is 1.91. The summed E-state index contributed by atoms with van der Waals surface area (Å²) in [6.07, 6.45) is 2.36. The molecule has 1 aliphatic rings. The normalized spacial score (nSPS) is 15.1. The summed E-state index contributed by atoms with van der Waals surface area (Å²) in [5.41, 5.74) is 0. The molecular weight excluding hydrogens is 258 g/mol. The summed E-state index contributed by atoms with van der Waals surface area (Å²) in [5, 5.41) is 25.5. The quantitative estimate of drug-likeness (QED) is 0.816. The van der Waals surface area contributed by atoms with Crippen LogP contribution < -0.4 is 5.32 Å². The van der Waals surface area contributed by atoms with Crippen molar-refractivity contribution in [3.8, 4) is 0 Å². The molecular formula is C8H11N7S2. The lowest BCUT2D eigenvalue weighted by Crippen LogP contribution is -1.98. The second-order valence-electron chi connectivity index (χ2n) is 3.68. The molecule has 2 heterocycles. The molecule has 9 heteroatoms. The molecule has 0 amide bonds. The fourth-order valence-electron chi connectivity index (χ4n) is 1.37. The van der Waals surface area contributed by atoms with E-state index in [1.807, 2.05) is 11.7 Å². The van der Waals surface area contributed by atoms with Crippen LogP contribution in [0, 0.1) is 0 Å². The van der Waals surface area contributed by atoms with Gasteiger partial charge < -0.3 is 5.32 Å². The summed E-state index contributed by atoms with van der Waals surface area (Å²) in [5.74, 6) is 0.756. The number of nitrogens with one attached hydrogen (secondary N) is 1. The van der Waals surface area contributed by atoms with E-state index in [-0.39, 0.29) is 0 Å². The molecule has 90 valence electrons. The first-order chi connectivity index (χ1) is 8.36. The number of tetrazole rings is 1. The Morgan fingerprint density at radius 1 is 1.41 bits per heavy atom. The summed E-state index contributed by atoms with van der Waals surface area (Å²) >= 11 is 3.16. The number of hydrogen-bond donors (Lipinski definition) is 1. The fourth-order valence-corrected chi connectivity index (χ4v) is 2.99. The largest absolute Gasteiger partial charge is 0.363 e. The van der Waals surface area contributed by atoms with E-state index in [1.54, 1.807) is 23.1 Å². The maximum absolute atomic E-state index is 4.08. The molecule has 0 bridgehead atoms. The van der Waals surface area contributed by atoms with Gasteiger partial charge in [-0.05, 0) is 23.3 Å². The minimum absolute atomic E-state index is 0.509. The molecule has 7 nitrogen and oxygen atoms in total. The van der Waals surface area contributed by atoms with Gasteiger partial charge in [0.2, 0.25) is 10.3 Å². The first-order valence-electron chi connectivity index (χ1n) is 5.27. The molecule has 0 spiro atoms. The summed E-state index contributed by atoms with van der Waals surface area (Å²) in [6.45, 7) is 0. The highest BCUT2D eigenvalue weighted by molar-refractivity contribution is 7.98. The van der Waals surface area contributed by atoms with Gasteiger partial charge in [0.1, 0.15) is 5.01 Å². The molecule has 2 aromatic heterocycles. The van der Waals surface area contributed by atoms with Crippen molar-refractivity contribution in [2.24, 2.45) is 0 Å². The van der Waals surface area contributed by atoms with E-state index in [4.69, 9.17) is 0 Å². The highest BCUT2D eigenvalue weighted by atomic mass is 32.2. The number of aromatic nitrogens is 6. The van der Waals surface area contributed by atoms with Gasteiger partial charge >= 0.3 is 0 Å². The Labute approximate surface area is 106 Å². The zero-order chi connectivity index (χ0) is 11.7. The van der Waals surface area contributed by atoms with E-state index < -0.39 is 0 Å². The number of rotatable bonds is 5. The van der Waals surface area contributed by atoms with Gasteiger partial charge in [-0.25, -0.2) is 4.68 Å². The monoisotopic (exact) mass is 269 g/mol. The summed E-state index contributed by atoms with van der Waals surface area (Å²) in [7, 11) is 1.84. The zero-order valence-corrected chi connectivity index (χ0v) is 10.8. The van der Waals surface area contributed by atoms with Crippen LogP contribution in [-0.4, -0.2) is 37.5 Å². The Bertz CT molecular complexity index is 503. The standard InChI is InChI=1S/C8H11N7S2/c1-9-7-11-10-6(17-7)4-16-8-12-13-14-15(8)5-2-3-5/h5H,2-4H2,1H3,(H,9,11). The minimum atomic E-state index is 0.509. The molecule has 1 aliphatic carbocycles. The third kappa shape index (κ3) is 2.39. The Hall–Kier alpha value is -1.22. The highest BCUT2D eigenvalue weighted by Gasteiger charge is 2.27. The molecule has 0 atom stereocenters. The minimum Gasteiger partial charge on any atom is -0.363 e. The van der Waals surface area contributed by atoms with Gasteiger partial charge in [-0.15, -0.1) is 15.3 Å². The molecule has 0 radical (unpaired) electrons. The van der Waals surface area contributed by atoms with Crippen LogP contribution in [0.2, 0.25) is 0 Å². The maximum Gasteiger partial charge on any atom is 0.209 e. The van der Waals surface area contributed by atoms with E-state index in [2.05, 4.69) is 31.0 Å². The lowest BCUT2D eigenvalue weighted by Gasteiger charge is -1.99. The molecule has 0 unspecified atom stereocenters. The van der Waals surface area contributed by atoms with Crippen LogP contribution in [0.25, 0.3) is 0 Å². The number of anilines is 1. The average molecular weight is 269 g/mol. The van der Waals surface area contributed by atoms with Crippen LogP contribution >= 0.6 is 23.1 Å². The molecule has 1 fully saturated rings. The van der Waals surface area contributed by atoms with E-state index in [0.29, 0.717) is 6.04 Å². The van der Waals surface area contributed by atoms with Crippen molar-refractivity contribution in [3.63, 3.8) is 0 Å². The zero-order valence-electron chi connectivity index (χ0n) is 9.20. The number of hydrogen-bond acceptors (Lipinski definition) is 8. The topological polar surface area (TPSA) is 81.4 Å². The maximum atomic E-state index is 4.08. The third-order valence-corrected chi connectivity index (χ3v) is 4.43. The van der Waals surface area contributed by atoms with Gasteiger partial charge in [-0.2, -0.15) is 0 Å². The third-order valence-electron chi connectivity index (χ3n) is 2.36. The van der Waals surface area contributed by atoms with Gasteiger partial charge in [-0.1, -0.05) is 23.1 Å². The molecule has 17 heavy (non-hydrogen) atoms. The lowest BCUT2D eigenvalue weighted by molar-refractivity contribution is 0.565. The smallest absolute Gasteiger partial charge is 0.209 e. The van der Waals surface area contributed by atoms with Crippen molar-refractivity contribution in [1.82, 2.24) is 30.4 Å². The Kier molecular flexibility index (Phi) is 2.93. The van der Waals surface area contributed by atoms with Crippen LogP contribution in [0.3, 0.4) is 0 Å². The van der Waals surface area contributed by atoms with Crippen molar-refractivity contribution in [2.75, 3.05) is 12.4 Å². The van der Waals surface area contributed by atoms with Crippen LogP contribution in [0.1, 0.15) is 23.9 Å². The second kappa shape index (κ2) is 4.57. The van der Waals surface area contributed by atoms with E-state index in [0.717, 1.165) is 21.0 Å². The van der Waals surface area contributed by atoms with Crippen LogP contribution in [0.15, 0.2) is 5.16 Å². The van der Waals surface area contributed by atoms with Gasteiger partial charge in [0.05, 0.1) is 11.8 Å². The first-order valence-corrected chi connectivity index (χ1v) is 7.08. The lowest BCUT2D eigenvalue weighted by atomic mass is 10.7. The molecule has 0 aliphatic heterocycles.